The van der Waals surface area contributed by atoms with Crippen molar-refractivity contribution in [2.75, 3.05) is 37.0 Å². The van der Waals surface area contributed by atoms with Gasteiger partial charge < -0.3 is 51.4 Å². The van der Waals surface area contributed by atoms with Crippen molar-refractivity contribution >= 4 is 33.1 Å². The van der Waals surface area contributed by atoms with Crippen molar-refractivity contribution < 1.29 is 61.4 Å². The molecule has 54 heavy (non-hydrogen) atoms. The minimum Gasteiger partial charge on any atom is -0.394 e. The molecule has 6 heterocycles. The average Bonchev–Trinajstić information content (AvgIpc) is 3.78. The second-order valence-corrected chi connectivity index (χ2v) is 15.1. The van der Waals surface area contributed by atoms with Crippen LogP contribution in [0.25, 0.3) is 0 Å². The van der Waals surface area contributed by atoms with Crippen LogP contribution in [0.15, 0.2) is 51.2 Å². The van der Waals surface area contributed by atoms with Crippen LogP contribution in [0.5, 0.6) is 0 Å². The summed E-state index contributed by atoms with van der Waals surface area (Å²) >= 11 is 0. The highest BCUT2D eigenvalue weighted by Gasteiger charge is 2.46. The molecule has 0 spiro atoms. The zero-order valence-electron chi connectivity index (χ0n) is 27.9. The van der Waals surface area contributed by atoms with Gasteiger partial charge in [0.05, 0.1) is 25.9 Å². The predicted octanol–water partition coefficient (Wildman–Crippen LogP) is -2.28. The molecule has 0 aromatic carbocycles. The highest BCUT2D eigenvalue weighted by Crippen LogP contribution is 2.51. The molecule has 11 atom stereocenters. The molecule has 0 amide bonds. The number of nitrogens with zero attached hydrogens (tertiary/aromatic N) is 6. The van der Waals surface area contributed by atoms with E-state index in [9.17, 15) is 43.5 Å². The van der Waals surface area contributed by atoms with E-state index >= 15 is 0 Å². The van der Waals surface area contributed by atoms with Gasteiger partial charge >= 0.3 is 32.7 Å². The number of nitrogen functional groups attached to an aromatic ring is 3. The fourth-order valence-corrected chi connectivity index (χ4v) is 7.91. The smallest absolute Gasteiger partial charge is 0.394 e. The summed E-state index contributed by atoms with van der Waals surface area (Å²) in [7, 11) is -10.1. The molecule has 27 heteroatoms. The van der Waals surface area contributed by atoms with E-state index in [1.165, 1.54) is 36.8 Å². The molecule has 3 aliphatic rings. The number of ether oxygens (including phenoxy) is 3. The van der Waals surface area contributed by atoms with Crippen LogP contribution >= 0.6 is 15.6 Å². The Labute approximate surface area is 303 Å². The maximum atomic E-state index is 13.2. The second kappa shape index (κ2) is 16.0. The molecule has 3 fully saturated rings. The Bertz CT molecular complexity index is 2100. The summed E-state index contributed by atoms with van der Waals surface area (Å²) in [5.74, 6) is -0.168. The van der Waals surface area contributed by atoms with Gasteiger partial charge in [-0.1, -0.05) is 0 Å². The SMILES string of the molecule is Nc1ccn([C@H]2C[C@H](OP(=O)(O)OC[C@H]3O[C@@H](n4ccc(N)nc4=O)C[C@@H]3OP(=O)(O)OC[C@H]3O[C@@H](n4ccc(N)nc4=O)C[C@@H]3O)[C@@H](CO)O2)c(=O)n1. The molecule has 6 rings (SSSR count). The molecule has 296 valence electrons. The third-order valence-corrected chi connectivity index (χ3v) is 10.6. The lowest BCUT2D eigenvalue weighted by Crippen LogP contribution is -2.31. The number of aliphatic hydroxyl groups is 2. The van der Waals surface area contributed by atoms with Gasteiger partial charge in [-0.25, -0.2) is 23.5 Å². The largest absolute Gasteiger partial charge is 0.472 e. The van der Waals surface area contributed by atoms with Gasteiger partial charge in [0.1, 0.15) is 66.7 Å². The Morgan fingerprint density at radius 2 is 1.04 bits per heavy atom. The van der Waals surface area contributed by atoms with Crippen LogP contribution in [0.3, 0.4) is 0 Å². The molecule has 3 aromatic rings. The Kier molecular flexibility index (Phi) is 11.8. The lowest BCUT2D eigenvalue weighted by molar-refractivity contribution is -0.0619. The van der Waals surface area contributed by atoms with Crippen LogP contribution in [-0.4, -0.2) is 105 Å². The first kappa shape index (κ1) is 39.7. The third kappa shape index (κ3) is 9.29. The molecule has 3 saturated heterocycles. The normalized spacial score (nSPS) is 30.6. The van der Waals surface area contributed by atoms with Crippen LogP contribution in [0.2, 0.25) is 0 Å². The molecule has 0 saturated carbocycles. The van der Waals surface area contributed by atoms with E-state index in [1.54, 1.807) is 0 Å². The van der Waals surface area contributed by atoms with E-state index in [2.05, 4.69) is 15.0 Å². The lowest BCUT2D eigenvalue weighted by Gasteiger charge is -2.24. The van der Waals surface area contributed by atoms with Crippen LogP contribution in [0.1, 0.15) is 37.9 Å². The highest BCUT2D eigenvalue weighted by atomic mass is 31.2. The number of hydrogen-bond donors (Lipinski definition) is 7. The second-order valence-electron chi connectivity index (χ2n) is 12.3. The number of phosphoric ester groups is 2. The van der Waals surface area contributed by atoms with Crippen molar-refractivity contribution in [2.45, 2.75) is 74.6 Å². The standard InChI is InChI=1S/C27H37N9O16P2/c28-19-1-4-34(25(39)31-19)22-7-13(38)17(49-22)11-46-53(42,43)52-15-9-24(36-6-3-21(30)33-27(36)41)50-18(15)12-47-54(44,45)51-14-8-23(48-16(14)10-37)35-5-2-20(29)32-26(35)40/h1-6,13-18,22-24,37-38H,7-12H2,(H,42,43)(H,44,45)(H2,28,31,39)(H2,29,32,40)(H2,30,33,41)/t13-,14-,15-,16+,17+,18+,22+,23+,24+/m0/s1. The number of anilines is 3. The number of aliphatic hydroxyl groups excluding tert-OH is 2. The molecule has 3 aliphatic heterocycles. The first-order valence-electron chi connectivity index (χ1n) is 16.1. The number of nitrogens with two attached hydrogens (primary N) is 3. The summed E-state index contributed by atoms with van der Waals surface area (Å²) in [6.45, 7) is -2.17. The van der Waals surface area contributed by atoms with Crippen molar-refractivity contribution in [2.24, 2.45) is 0 Å². The number of rotatable bonds is 14. The van der Waals surface area contributed by atoms with Crippen LogP contribution in [-0.2, 0) is 41.4 Å². The molecule has 10 N–H and O–H groups in total. The van der Waals surface area contributed by atoms with Gasteiger partial charge in [-0.2, -0.15) is 15.0 Å². The Morgan fingerprint density at radius 3 is 1.46 bits per heavy atom. The van der Waals surface area contributed by atoms with Crippen molar-refractivity contribution in [1.82, 2.24) is 28.7 Å². The van der Waals surface area contributed by atoms with Gasteiger partial charge in [-0.3, -0.25) is 31.8 Å². The molecule has 3 aromatic heterocycles. The Morgan fingerprint density at radius 1 is 0.667 bits per heavy atom. The van der Waals surface area contributed by atoms with E-state index < -0.39 is 108 Å². The molecule has 0 bridgehead atoms. The first-order chi connectivity index (χ1) is 25.5. The molecule has 0 aliphatic carbocycles. The summed E-state index contributed by atoms with van der Waals surface area (Å²) in [5, 5.41) is 20.3. The maximum Gasteiger partial charge on any atom is 0.472 e. The van der Waals surface area contributed by atoms with E-state index in [1.807, 2.05) is 0 Å². The minimum atomic E-state index is -5.04. The van der Waals surface area contributed by atoms with E-state index in [-0.39, 0.29) is 36.7 Å². The molecule has 2 unspecified atom stereocenters. The Hall–Kier alpha value is -3.94. The highest BCUT2D eigenvalue weighted by molar-refractivity contribution is 7.47. The summed E-state index contributed by atoms with van der Waals surface area (Å²) in [6.07, 6.45) is -7.71. The van der Waals surface area contributed by atoms with Crippen LogP contribution in [0.4, 0.5) is 17.5 Å². The summed E-state index contributed by atoms with van der Waals surface area (Å²) < 4.78 is 67.5. The average molecular weight is 806 g/mol. The quantitative estimate of drug-likeness (QED) is 0.0844. The summed E-state index contributed by atoms with van der Waals surface area (Å²) in [5.41, 5.74) is 14.2. The summed E-state index contributed by atoms with van der Waals surface area (Å²) in [4.78, 5) is 69.2. The molecular formula is C27H37N9O16P2. The predicted molar refractivity (Wildman–Crippen MR) is 179 cm³/mol. The van der Waals surface area contributed by atoms with Crippen molar-refractivity contribution in [3.8, 4) is 0 Å². The summed E-state index contributed by atoms with van der Waals surface area (Å²) in [6, 6.07) is 3.97. The zero-order valence-corrected chi connectivity index (χ0v) is 29.7. The lowest BCUT2D eigenvalue weighted by atomic mass is 10.2. The number of phosphoric acid groups is 2. The van der Waals surface area contributed by atoms with Crippen molar-refractivity contribution in [1.29, 1.82) is 0 Å². The van der Waals surface area contributed by atoms with E-state index in [0.717, 1.165) is 13.7 Å². The first-order valence-corrected chi connectivity index (χ1v) is 19.1. The monoisotopic (exact) mass is 805 g/mol. The fourth-order valence-electron chi connectivity index (χ4n) is 5.99. The zero-order chi connectivity index (χ0) is 38.9. The molecule has 25 nitrogen and oxygen atoms in total. The molecule has 0 radical (unpaired) electrons. The van der Waals surface area contributed by atoms with Crippen molar-refractivity contribution in [3.63, 3.8) is 0 Å². The van der Waals surface area contributed by atoms with Crippen molar-refractivity contribution in [3.05, 3.63) is 68.2 Å². The number of aromatic nitrogens is 6. The topological polar surface area (TPSA) is 362 Å². The van der Waals surface area contributed by atoms with E-state index in [0.29, 0.717) is 0 Å². The van der Waals surface area contributed by atoms with Gasteiger partial charge in [0, 0.05) is 37.9 Å². The Balaban J connectivity index is 1.11. The van der Waals surface area contributed by atoms with Gasteiger partial charge in [0.2, 0.25) is 0 Å². The van der Waals surface area contributed by atoms with Gasteiger partial charge in [-0.05, 0) is 18.2 Å². The van der Waals surface area contributed by atoms with Crippen LogP contribution < -0.4 is 34.3 Å². The van der Waals surface area contributed by atoms with Gasteiger partial charge in [-0.15, -0.1) is 0 Å². The number of hydrogen-bond acceptors (Lipinski definition) is 20. The maximum absolute atomic E-state index is 13.2. The van der Waals surface area contributed by atoms with Gasteiger partial charge in [0.25, 0.3) is 0 Å². The minimum absolute atomic E-state index is 0.0268. The van der Waals surface area contributed by atoms with E-state index in [4.69, 9.17) is 49.5 Å². The third-order valence-electron chi connectivity index (χ3n) is 8.57. The van der Waals surface area contributed by atoms with Gasteiger partial charge in [0.15, 0.2) is 0 Å². The fraction of sp³-hybridized carbons (Fsp3) is 0.556. The molecular weight excluding hydrogens is 768 g/mol. The van der Waals surface area contributed by atoms with Crippen LogP contribution in [0, 0.1) is 0 Å².